The minimum Gasteiger partial charge on any atom is -0.497 e. The highest BCUT2D eigenvalue weighted by Crippen LogP contribution is 2.33. The van der Waals surface area contributed by atoms with E-state index >= 15 is 0 Å². The van der Waals surface area contributed by atoms with Crippen LogP contribution in [0.1, 0.15) is 24.2 Å². The van der Waals surface area contributed by atoms with Gasteiger partial charge in [-0.2, -0.15) is 0 Å². The van der Waals surface area contributed by atoms with Crippen molar-refractivity contribution in [1.29, 1.82) is 0 Å². The van der Waals surface area contributed by atoms with E-state index in [1.807, 2.05) is 12.1 Å². The summed E-state index contributed by atoms with van der Waals surface area (Å²) in [5.74, 6) is 0.916. The average molecular weight is 330 g/mol. The maximum absolute atomic E-state index is 11.9. The molecule has 0 aliphatic rings. The fourth-order valence-corrected chi connectivity index (χ4v) is 2.13. The molecule has 0 saturated heterocycles. The zero-order valence-corrected chi connectivity index (χ0v) is 14.3. The van der Waals surface area contributed by atoms with Gasteiger partial charge in [0, 0.05) is 6.07 Å². The lowest BCUT2D eigenvalue weighted by Crippen LogP contribution is -2.12. The molecule has 2 aromatic carbocycles. The molecule has 6 nitrogen and oxygen atoms in total. The number of esters is 1. The number of nitrogens with one attached hydrogen (secondary N) is 1. The third-order valence-electron chi connectivity index (χ3n) is 3.31. The van der Waals surface area contributed by atoms with E-state index in [9.17, 15) is 4.79 Å². The van der Waals surface area contributed by atoms with Gasteiger partial charge in [0.15, 0.2) is 0 Å². The summed E-state index contributed by atoms with van der Waals surface area (Å²) in [5, 5.41) is 3.19. The molecule has 128 valence electrons. The first-order valence-electron chi connectivity index (χ1n) is 7.54. The second-order valence-corrected chi connectivity index (χ2v) is 5.45. The Morgan fingerprint density at radius 2 is 1.75 bits per heavy atom. The van der Waals surface area contributed by atoms with E-state index in [1.165, 1.54) is 0 Å². The van der Waals surface area contributed by atoms with Crippen molar-refractivity contribution in [3.63, 3.8) is 0 Å². The minimum atomic E-state index is -0.398. The molecule has 0 aliphatic carbocycles. The highest BCUT2D eigenvalue weighted by molar-refractivity contribution is 5.92. The molecule has 0 unspecified atom stereocenters. The number of ether oxygens (including phenoxy) is 3. The molecule has 3 N–H and O–H groups in total. The molecule has 0 radical (unpaired) electrons. The van der Waals surface area contributed by atoms with E-state index < -0.39 is 5.97 Å². The predicted molar refractivity (Wildman–Crippen MR) is 94.2 cm³/mol. The van der Waals surface area contributed by atoms with E-state index in [-0.39, 0.29) is 6.10 Å². The van der Waals surface area contributed by atoms with Gasteiger partial charge in [0.25, 0.3) is 0 Å². The van der Waals surface area contributed by atoms with Crippen LogP contribution in [0.3, 0.4) is 0 Å². The van der Waals surface area contributed by atoms with Crippen LogP contribution in [0, 0.1) is 0 Å². The fourth-order valence-electron chi connectivity index (χ4n) is 2.13. The van der Waals surface area contributed by atoms with Crippen molar-refractivity contribution >= 4 is 23.0 Å². The van der Waals surface area contributed by atoms with E-state index in [0.29, 0.717) is 28.4 Å². The van der Waals surface area contributed by atoms with Crippen LogP contribution in [0.5, 0.6) is 11.5 Å². The Balaban J connectivity index is 2.23. The summed E-state index contributed by atoms with van der Waals surface area (Å²) in [5.41, 5.74) is 8.30. The highest BCUT2D eigenvalue weighted by Gasteiger charge is 2.12. The third kappa shape index (κ3) is 4.10. The number of carbonyl (C=O) groups is 1. The number of hydrogen-bond acceptors (Lipinski definition) is 6. The zero-order chi connectivity index (χ0) is 17.7. The number of nitrogen functional groups attached to an aromatic ring is 1. The number of anilines is 3. The quantitative estimate of drug-likeness (QED) is 0.622. The van der Waals surface area contributed by atoms with Crippen molar-refractivity contribution < 1.29 is 19.0 Å². The summed E-state index contributed by atoms with van der Waals surface area (Å²) in [4.78, 5) is 11.9. The van der Waals surface area contributed by atoms with Crippen molar-refractivity contribution in [2.24, 2.45) is 0 Å². The number of benzene rings is 2. The smallest absolute Gasteiger partial charge is 0.338 e. The van der Waals surface area contributed by atoms with Crippen molar-refractivity contribution in [2.45, 2.75) is 20.0 Å². The number of methoxy groups -OCH3 is 2. The van der Waals surface area contributed by atoms with Gasteiger partial charge in [-0.05, 0) is 44.2 Å². The molecule has 0 atom stereocenters. The van der Waals surface area contributed by atoms with Gasteiger partial charge in [0.05, 0.1) is 42.9 Å². The molecule has 0 bridgehead atoms. The van der Waals surface area contributed by atoms with Gasteiger partial charge in [-0.1, -0.05) is 0 Å². The third-order valence-corrected chi connectivity index (χ3v) is 3.31. The second kappa shape index (κ2) is 7.59. The van der Waals surface area contributed by atoms with Crippen LogP contribution in [-0.4, -0.2) is 26.3 Å². The Morgan fingerprint density at radius 3 is 2.33 bits per heavy atom. The van der Waals surface area contributed by atoms with Gasteiger partial charge in [-0.25, -0.2) is 4.79 Å². The summed E-state index contributed by atoms with van der Waals surface area (Å²) >= 11 is 0. The number of carbonyl (C=O) groups excluding carboxylic acids is 1. The molecule has 2 aromatic rings. The van der Waals surface area contributed by atoms with Crippen LogP contribution < -0.4 is 20.5 Å². The SMILES string of the molecule is COc1ccc(Nc2ccc(C(=O)OC(C)C)cc2N)c(OC)c1. The van der Waals surface area contributed by atoms with Crippen molar-refractivity contribution in [2.75, 3.05) is 25.3 Å². The van der Waals surface area contributed by atoms with Gasteiger partial charge in [0.2, 0.25) is 0 Å². The van der Waals surface area contributed by atoms with Gasteiger partial charge in [-0.3, -0.25) is 0 Å². The Morgan fingerprint density at radius 1 is 1.04 bits per heavy atom. The largest absolute Gasteiger partial charge is 0.497 e. The molecule has 0 spiro atoms. The monoisotopic (exact) mass is 330 g/mol. The van der Waals surface area contributed by atoms with E-state index in [2.05, 4.69) is 5.32 Å². The molecule has 0 saturated carbocycles. The summed E-state index contributed by atoms with van der Waals surface area (Å²) in [6, 6.07) is 10.4. The number of hydrogen-bond donors (Lipinski definition) is 2. The molecule has 6 heteroatoms. The number of nitrogens with two attached hydrogens (primary N) is 1. The standard InChI is InChI=1S/C18H22N2O4/c1-11(2)24-18(21)12-5-7-15(14(19)9-12)20-16-8-6-13(22-3)10-17(16)23-4/h5-11,20H,19H2,1-4H3. The van der Waals surface area contributed by atoms with Crippen molar-refractivity contribution in [1.82, 2.24) is 0 Å². The first-order chi connectivity index (χ1) is 11.4. The first-order valence-corrected chi connectivity index (χ1v) is 7.54. The normalized spacial score (nSPS) is 10.4. The van der Waals surface area contributed by atoms with Crippen LogP contribution in [0.25, 0.3) is 0 Å². The van der Waals surface area contributed by atoms with Gasteiger partial charge >= 0.3 is 5.97 Å². The maximum Gasteiger partial charge on any atom is 0.338 e. The second-order valence-electron chi connectivity index (χ2n) is 5.45. The van der Waals surface area contributed by atoms with Crippen molar-refractivity contribution in [3.05, 3.63) is 42.0 Å². The van der Waals surface area contributed by atoms with Crippen LogP contribution in [-0.2, 0) is 4.74 Å². The molecular formula is C18H22N2O4. The van der Waals surface area contributed by atoms with E-state index in [0.717, 1.165) is 5.69 Å². The van der Waals surface area contributed by atoms with Crippen molar-refractivity contribution in [3.8, 4) is 11.5 Å². The minimum absolute atomic E-state index is 0.180. The van der Waals surface area contributed by atoms with Gasteiger partial charge < -0.3 is 25.3 Å². The number of rotatable bonds is 6. The molecule has 0 aliphatic heterocycles. The lowest BCUT2D eigenvalue weighted by atomic mass is 10.1. The molecule has 0 heterocycles. The average Bonchev–Trinajstić information content (AvgIpc) is 2.56. The van der Waals surface area contributed by atoms with Gasteiger partial charge in [-0.15, -0.1) is 0 Å². The molecule has 2 rings (SSSR count). The fraction of sp³-hybridized carbons (Fsp3) is 0.278. The Bertz CT molecular complexity index is 729. The lowest BCUT2D eigenvalue weighted by molar-refractivity contribution is 0.0378. The van der Waals surface area contributed by atoms with Crippen LogP contribution >= 0.6 is 0 Å². The first kappa shape index (κ1) is 17.5. The summed E-state index contributed by atoms with van der Waals surface area (Å²) in [6.07, 6.45) is -0.180. The molecule has 0 fully saturated rings. The van der Waals surface area contributed by atoms with Gasteiger partial charge in [0.1, 0.15) is 11.5 Å². The Hall–Kier alpha value is -2.89. The Labute approximate surface area is 141 Å². The summed E-state index contributed by atoms with van der Waals surface area (Å²) < 4.78 is 15.7. The molecule has 0 amide bonds. The Kier molecular flexibility index (Phi) is 5.52. The molecular weight excluding hydrogens is 308 g/mol. The van der Waals surface area contributed by atoms with Crippen LogP contribution in [0.4, 0.5) is 17.1 Å². The summed E-state index contributed by atoms with van der Waals surface area (Å²) in [6.45, 7) is 3.60. The topological polar surface area (TPSA) is 82.8 Å². The van der Waals surface area contributed by atoms with E-state index in [1.54, 1.807) is 52.3 Å². The predicted octanol–water partition coefficient (Wildman–Crippen LogP) is 3.59. The zero-order valence-electron chi connectivity index (χ0n) is 14.3. The highest BCUT2D eigenvalue weighted by atomic mass is 16.5. The van der Waals surface area contributed by atoms with Crippen LogP contribution in [0.2, 0.25) is 0 Å². The molecule has 24 heavy (non-hydrogen) atoms. The maximum atomic E-state index is 11.9. The lowest BCUT2D eigenvalue weighted by Gasteiger charge is -2.15. The van der Waals surface area contributed by atoms with Crippen LogP contribution in [0.15, 0.2) is 36.4 Å². The summed E-state index contributed by atoms with van der Waals surface area (Å²) in [7, 11) is 3.17. The molecule has 0 aromatic heterocycles. The van der Waals surface area contributed by atoms with E-state index in [4.69, 9.17) is 19.9 Å².